The van der Waals surface area contributed by atoms with Gasteiger partial charge in [-0.3, -0.25) is 13.9 Å². The van der Waals surface area contributed by atoms with Crippen molar-refractivity contribution in [3.63, 3.8) is 0 Å². The molecular weight excluding hydrogens is 636 g/mol. The summed E-state index contributed by atoms with van der Waals surface area (Å²) in [6.45, 7) is -0.780. The van der Waals surface area contributed by atoms with Crippen LogP contribution >= 0.6 is 0 Å². The van der Waals surface area contributed by atoms with Gasteiger partial charge >= 0.3 is 0 Å². The molecule has 0 spiro atoms. The van der Waals surface area contributed by atoms with Gasteiger partial charge in [0.05, 0.1) is 17.7 Å². The van der Waals surface area contributed by atoms with Crippen LogP contribution in [-0.4, -0.2) is 50.9 Å². The van der Waals surface area contributed by atoms with Gasteiger partial charge in [0.25, 0.3) is 10.0 Å². The summed E-state index contributed by atoms with van der Waals surface area (Å²) in [5.41, 5.74) is 1.42. The van der Waals surface area contributed by atoms with Crippen molar-refractivity contribution in [2.24, 2.45) is 0 Å². The highest BCUT2D eigenvalue weighted by molar-refractivity contribution is 7.92. The minimum Gasteiger partial charge on any atom is -0.497 e. The molecule has 0 heterocycles. The molecule has 252 valence electrons. The van der Waals surface area contributed by atoms with Gasteiger partial charge in [-0.25, -0.2) is 17.2 Å². The van der Waals surface area contributed by atoms with Gasteiger partial charge < -0.3 is 15.0 Å². The summed E-state index contributed by atoms with van der Waals surface area (Å²) in [5, 5.41) is 3.15. The fourth-order valence-corrected chi connectivity index (χ4v) is 7.31. The molecule has 8 nitrogen and oxygen atoms in total. The first-order chi connectivity index (χ1) is 23.1. The minimum atomic E-state index is -4.37. The summed E-state index contributed by atoms with van der Waals surface area (Å²) in [6.07, 6.45) is 4.89. The normalized spacial score (nSPS) is 14.1. The van der Waals surface area contributed by atoms with Crippen molar-refractivity contribution < 1.29 is 31.5 Å². The van der Waals surface area contributed by atoms with Gasteiger partial charge in [-0.05, 0) is 84.6 Å². The minimum absolute atomic E-state index is 0.0431. The van der Waals surface area contributed by atoms with E-state index in [-0.39, 0.29) is 35.5 Å². The highest BCUT2D eigenvalue weighted by Crippen LogP contribution is 2.27. The van der Waals surface area contributed by atoms with Gasteiger partial charge in [-0.15, -0.1) is 0 Å². The van der Waals surface area contributed by atoms with Crippen LogP contribution in [0.25, 0.3) is 0 Å². The number of carbonyl (C=O) groups is 2. The lowest BCUT2D eigenvalue weighted by atomic mass is 9.94. The number of ether oxygens (including phenoxy) is 1. The van der Waals surface area contributed by atoms with E-state index in [9.17, 15) is 26.8 Å². The number of anilines is 1. The number of rotatable bonds is 13. The first kappa shape index (κ1) is 34.6. The summed E-state index contributed by atoms with van der Waals surface area (Å²) in [7, 11) is -2.91. The molecule has 1 aliphatic rings. The van der Waals surface area contributed by atoms with Gasteiger partial charge in [-0.1, -0.05) is 61.7 Å². The van der Waals surface area contributed by atoms with Crippen LogP contribution in [0.5, 0.6) is 5.75 Å². The zero-order valence-electron chi connectivity index (χ0n) is 26.7. The van der Waals surface area contributed by atoms with Crippen LogP contribution in [0, 0.1) is 11.6 Å². The molecule has 1 saturated carbocycles. The number of benzene rings is 4. The fraction of sp³-hybridized carbons (Fsp3) is 0.297. The number of sulfonamides is 1. The fourth-order valence-electron chi connectivity index (χ4n) is 5.90. The van der Waals surface area contributed by atoms with E-state index >= 15 is 0 Å². The van der Waals surface area contributed by atoms with Gasteiger partial charge in [0.1, 0.15) is 30.0 Å². The Labute approximate surface area is 280 Å². The van der Waals surface area contributed by atoms with E-state index in [0.717, 1.165) is 54.1 Å². The second kappa shape index (κ2) is 15.9. The van der Waals surface area contributed by atoms with E-state index < -0.39 is 40.2 Å². The SMILES string of the molecule is COc1ccc(S(=O)(=O)N(CC(=O)N(Cc2ccc(F)cc2)[C@@H](Cc2ccccc2)C(=O)NC2CCCCC2)c2ccc(F)cc2)cc1. The average molecular weight is 676 g/mol. The Bertz CT molecular complexity index is 1760. The number of nitrogens with zero attached hydrogens (tertiary/aromatic N) is 2. The second-order valence-corrected chi connectivity index (χ2v) is 13.7. The molecule has 0 saturated heterocycles. The van der Waals surface area contributed by atoms with Crippen LogP contribution in [0.3, 0.4) is 0 Å². The van der Waals surface area contributed by atoms with E-state index in [1.54, 1.807) is 0 Å². The maximum Gasteiger partial charge on any atom is 0.264 e. The maximum atomic E-state index is 14.5. The highest BCUT2D eigenvalue weighted by atomic mass is 32.2. The number of amides is 2. The van der Waals surface area contributed by atoms with Crippen molar-refractivity contribution in [1.29, 1.82) is 0 Å². The molecule has 0 radical (unpaired) electrons. The van der Waals surface area contributed by atoms with Crippen molar-refractivity contribution in [2.45, 2.75) is 62.0 Å². The second-order valence-electron chi connectivity index (χ2n) is 11.9. The molecule has 1 fully saturated rings. The number of nitrogens with one attached hydrogen (secondary N) is 1. The third kappa shape index (κ3) is 8.77. The molecule has 0 bridgehead atoms. The van der Waals surface area contributed by atoms with Crippen LogP contribution < -0.4 is 14.4 Å². The third-order valence-corrected chi connectivity index (χ3v) is 10.3. The predicted octanol–water partition coefficient (Wildman–Crippen LogP) is 6.26. The highest BCUT2D eigenvalue weighted by Gasteiger charge is 2.35. The predicted molar refractivity (Wildman–Crippen MR) is 180 cm³/mol. The summed E-state index contributed by atoms with van der Waals surface area (Å²) in [6, 6.07) is 24.3. The van der Waals surface area contributed by atoms with Crippen LogP contribution in [0.15, 0.2) is 108 Å². The molecule has 0 aromatic heterocycles. The molecule has 4 aromatic carbocycles. The van der Waals surface area contributed by atoms with Gasteiger partial charge in [0.2, 0.25) is 11.8 Å². The summed E-state index contributed by atoms with van der Waals surface area (Å²) >= 11 is 0. The molecule has 1 N–H and O–H groups in total. The molecule has 1 aliphatic carbocycles. The van der Waals surface area contributed by atoms with Gasteiger partial charge in [0.15, 0.2) is 0 Å². The van der Waals surface area contributed by atoms with Crippen LogP contribution in [0.1, 0.15) is 43.2 Å². The Hall–Kier alpha value is -4.77. The Balaban J connectivity index is 1.55. The Morgan fingerprint density at radius 1 is 0.812 bits per heavy atom. The lowest BCUT2D eigenvalue weighted by Gasteiger charge is -2.35. The lowest BCUT2D eigenvalue weighted by molar-refractivity contribution is -0.140. The molecule has 2 amide bonds. The van der Waals surface area contributed by atoms with Crippen molar-refractivity contribution in [1.82, 2.24) is 10.2 Å². The summed E-state index contributed by atoms with van der Waals surface area (Å²) in [5.74, 6) is -1.61. The largest absolute Gasteiger partial charge is 0.497 e. The standard InChI is InChI=1S/C37H39F2N3O5S/c1-47-33-20-22-34(23-21-33)48(45,46)42(32-18-16-30(39)17-19-32)26-36(43)41(25-28-12-14-29(38)15-13-28)35(24-27-8-4-2-5-9-27)37(44)40-31-10-6-3-7-11-31/h2,4-5,8-9,12-23,31,35H,3,6-7,10-11,24-26H2,1H3,(H,40,44)/t35-/m0/s1. The van der Waals surface area contributed by atoms with Crippen LogP contribution in [-0.2, 0) is 32.6 Å². The van der Waals surface area contributed by atoms with Crippen molar-refractivity contribution >= 4 is 27.5 Å². The molecule has 48 heavy (non-hydrogen) atoms. The van der Waals surface area contributed by atoms with E-state index in [1.165, 1.54) is 72.7 Å². The monoisotopic (exact) mass is 675 g/mol. The zero-order chi connectivity index (χ0) is 34.1. The van der Waals surface area contributed by atoms with Crippen LogP contribution in [0.4, 0.5) is 14.5 Å². The third-order valence-electron chi connectivity index (χ3n) is 8.53. The number of methoxy groups -OCH3 is 1. The van der Waals surface area contributed by atoms with Crippen molar-refractivity contribution in [2.75, 3.05) is 18.0 Å². The average Bonchev–Trinajstić information content (AvgIpc) is 3.10. The Morgan fingerprint density at radius 3 is 2.02 bits per heavy atom. The zero-order valence-corrected chi connectivity index (χ0v) is 27.5. The first-order valence-electron chi connectivity index (χ1n) is 15.9. The number of hydrogen-bond acceptors (Lipinski definition) is 5. The topological polar surface area (TPSA) is 96.0 Å². The summed E-state index contributed by atoms with van der Waals surface area (Å²) in [4.78, 5) is 29.9. The molecule has 11 heteroatoms. The van der Waals surface area contributed by atoms with E-state index in [0.29, 0.717) is 11.3 Å². The quantitative estimate of drug-likeness (QED) is 0.181. The molecule has 4 aromatic rings. The number of carbonyl (C=O) groups excluding carboxylic acids is 2. The van der Waals surface area contributed by atoms with E-state index in [4.69, 9.17) is 4.74 Å². The first-order valence-corrected chi connectivity index (χ1v) is 17.4. The number of halogens is 2. The van der Waals surface area contributed by atoms with E-state index in [2.05, 4.69) is 5.32 Å². The molecule has 1 atom stereocenters. The number of hydrogen-bond donors (Lipinski definition) is 1. The van der Waals surface area contributed by atoms with Gasteiger partial charge in [-0.2, -0.15) is 0 Å². The van der Waals surface area contributed by atoms with Crippen LogP contribution in [0.2, 0.25) is 0 Å². The molecular formula is C37H39F2N3O5S. The Morgan fingerprint density at radius 2 is 1.42 bits per heavy atom. The van der Waals surface area contributed by atoms with Gasteiger partial charge in [0, 0.05) is 19.0 Å². The lowest BCUT2D eigenvalue weighted by Crippen LogP contribution is -2.55. The molecule has 5 rings (SSSR count). The van der Waals surface area contributed by atoms with E-state index in [1.807, 2.05) is 30.3 Å². The smallest absolute Gasteiger partial charge is 0.264 e. The molecule has 0 unspecified atom stereocenters. The maximum absolute atomic E-state index is 14.5. The van der Waals surface area contributed by atoms with Crippen molar-refractivity contribution in [3.8, 4) is 5.75 Å². The Kier molecular flexibility index (Phi) is 11.4. The summed E-state index contributed by atoms with van der Waals surface area (Å²) < 4.78 is 62.2. The van der Waals surface area contributed by atoms with Crippen molar-refractivity contribution in [3.05, 3.63) is 126 Å². The molecule has 0 aliphatic heterocycles.